The molecule has 0 radical (unpaired) electrons. The molecule has 1 heterocycles. The smallest absolute Gasteiger partial charge is 0.184 e. The van der Waals surface area contributed by atoms with Crippen LogP contribution in [0.15, 0.2) is 18.2 Å². The largest absolute Gasteiger partial charge is 0.398 e. The Labute approximate surface area is 97.2 Å². The van der Waals surface area contributed by atoms with Crippen molar-refractivity contribution in [1.29, 1.82) is 0 Å². The lowest BCUT2D eigenvalue weighted by molar-refractivity contribution is 0.183. The van der Waals surface area contributed by atoms with Gasteiger partial charge in [-0.05, 0) is 28.6 Å². The first-order valence-corrected chi connectivity index (χ1v) is 5.03. The fourth-order valence-corrected chi connectivity index (χ4v) is 1.46. The SMILES string of the molecule is COCCn1nnnc1-c1ccc(F)cc1N. The molecule has 0 aliphatic carbocycles. The number of aromatic nitrogens is 4. The van der Waals surface area contributed by atoms with Crippen LogP contribution in [0.5, 0.6) is 0 Å². The summed E-state index contributed by atoms with van der Waals surface area (Å²) in [5, 5.41) is 11.3. The molecule has 90 valence electrons. The number of ether oxygens (including phenoxy) is 1. The van der Waals surface area contributed by atoms with Crippen molar-refractivity contribution < 1.29 is 9.13 Å². The summed E-state index contributed by atoms with van der Waals surface area (Å²) in [7, 11) is 1.59. The number of tetrazole rings is 1. The maximum Gasteiger partial charge on any atom is 0.184 e. The standard InChI is InChI=1S/C10H12FN5O/c1-17-5-4-16-10(13-14-15-16)8-3-2-7(11)6-9(8)12/h2-3,6H,4-5,12H2,1H3. The fourth-order valence-electron chi connectivity index (χ4n) is 1.46. The third-order valence-corrected chi connectivity index (χ3v) is 2.29. The van der Waals surface area contributed by atoms with Crippen LogP contribution in [0.2, 0.25) is 0 Å². The second kappa shape index (κ2) is 4.88. The van der Waals surface area contributed by atoms with Crippen LogP contribution < -0.4 is 5.73 Å². The zero-order valence-electron chi connectivity index (χ0n) is 9.30. The number of anilines is 1. The molecule has 0 aliphatic rings. The quantitative estimate of drug-likeness (QED) is 0.792. The van der Waals surface area contributed by atoms with Gasteiger partial charge in [0.05, 0.1) is 13.2 Å². The Morgan fingerprint density at radius 1 is 1.47 bits per heavy atom. The van der Waals surface area contributed by atoms with Crippen LogP contribution in [0.3, 0.4) is 0 Å². The van der Waals surface area contributed by atoms with E-state index in [4.69, 9.17) is 10.5 Å². The molecule has 0 saturated heterocycles. The summed E-state index contributed by atoms with van der Waals surface area (Å²) in [6.07, 6.45) is 0. The third-order valence-electron chi connectivity index (χ3n) is 2.29. The number of nitrogen functional groups attached to an aromatic ring is 1. The maximum absolute atomic E-state index is 12.9. The maximum atomic E-state index is 12.9. The second-order valence-corrected chi connectivity index (χ2v) is 3.45. The van der Waals surface area contributed by atoms with E-state index in [1.165, 1.54) is 12.1 Å². The molecule has 0 aliphatic heterocycles. The Morgan fingerprint density at radius 3 is 3.00 bits per heavy atom. The number of rotatable bonds is 4. The van der Waals surface area contributed by atoms with E-state index in [0.717, 1.165) is 0 Å². The molecule has 0 spiro atoms. The third kappa shape index (κ3) is 2.39. The van der Waals surface area contributed by atoms with Gasteiger partial charge >= 0.3 is 0 Å². The minimum absolute atomic E-state index is 0.304. The van der Waals surface area contributed by atoms with Crippen molar-refractivity contribution in [3.8, 4) is 11.4 Å². The summed E-state index contributed by atoms with van der Waals surface area (Å²) < 4.78 is 19.4. The summed E-state index contributed by atoms with van der Waals surface area (Å²) in [6.45, 7) is 0.995. The predicted molar refractivity (Wildman–Crippen MR) is 59.5 cm³/mol. The normalized spacial score (nSPS) is 10.7. The van der Waals surface area contributed by atoms with Crippen molar-refractivity contribution >= 4 is 5.69 Å². The minimum atomic E-state index is -0.387. The number of benzene rings is 1. The number of halogens is 1. The van der Waals surface area contributed by atoms with Crippen LogP contribution in [0, 0.1) is 5.82 Å². The summed E-state index contributed by atoms with van der Waals surface area (Å²) >= 11 is 0. The van der Waals surface area contributed by atoms with Gasteiger partial charge in [0.15, 0.2) is 5.82 Å². The molecule has 6 nitrogen and oxygen atoms in total. The lowest BCUT2D eigenvalue weighted by Crippen LogP contribution is -2.08. The number of hydrogen-bond donors (Lipinski definition) is 1. The van der Waals surface area contributed by atoms with E-state index in [1.54, 1.807) is 17.9 Å². The van der Waals surface area contributed by atoms with Gasteiger partial charge in [0.2, 0.25) is 0 Å². The molecule has 17 heavy (non-hydrogen) atoms. The highest BCUT2D eigenvalue weighted by Gasteiger charge is 2.12. The van der Waals surface area contributed by atoms with Gasteiger partial charge in [0.25, 0.3) is 0 Å². The first kappa shape index (κ1) is 11.5. The Hall–Kier alpha value is -2.02. The minimum Gasteiger partial charge on any atom is -0.398 e. The van der Waals surface area contributed by atoms with Crippen molar-refractivity contribution in [3.63, 3.8) is 0 Å². The zero-order valence-corrected chi connectivity index (χ0v) is 9.30. The Balaban J connectivity index is 2.35. The van der Waals surface area contributed by atoms with E-state index in [2.05, 4.69) is 15.5 Å². The molecule has 0 atom stereocenters. The molecule has 0 bridgehead atoms. The van der Waals surface area contributed by atoms with Gasteiger partial charge in [-0.2, -0.15) is 0 Å². The van der Waals surface area contributed by atoms with Gasteiger partial charge in [-0.1, -0.05) is 0 Å². The monoisotopic (exact) mass is 237 g/mol. The van der Waals surface area contributed by atoms with Gasteiger partial charge in [0, 0.05) is 18.4 Å². The highest BCUT2D eigenvalue weighted by Crippen LogP contribution is 2.23. The first-order chi connectivity index (χ1) is 8.22. The number of hydrogen-bond acceptors (Lipinski definition) is 5. The molecule has 1 aromatic carbocycles. The van der Waals surface area contributed by atoms with Gasteiger partial charge in [-0.25, -0.2) is 9.07 Å². The van der Waals surface area contributed by atoms with E-state index < -0.39 is 0 Å². The molecule has 1 aromatic heterocycles. The first-order valence-electron chi connectivity index (χ1n) is 5.03. The topological polar surface area (TPSA) is 78.8 Å². The Morgan fingerprint density at radius 2 is 2.29 bits per heavy atom. The molecule has 2 aromatic rings. The molecule has 0 unspecified atom stereocenters. The van der Waals surface area contributed by atoms with Crippen LogP contribution in [0.4, 0.5) is 10.1 Å². The summed E-state index contributed by atoms with van der Waals surface area (Å²) in [5.41, 5.74) is 6.64. The van der Waals surface area contributed by atoms with Crippen LogP contribution in [0.25, 0.3) is 11.4 Å². The van der Waals surface area contributed by atoms with E-state index in [-0.39, 0.29) is 5.82 Å². The summed E-state index contributed by atoms with van der Waals surface area (Å²) in [6, 6.07) is 4.12. The second-order valence-electron chi connectivity index (χ2n) is 3.45. The lowest BCUT2D eigenvalue weighted by Gasteiger charge is -2.06. The van der Waals surface area contributed by atoms with E-state index in [9.17, 15) is 4.39 Å². The molecular formula is C10H12FN5O. The molecule has 0 saturated carbocycles. The average molecular weight is 237 g/mol. The lowest BCUT2D eigenvalue weighted by atomic mass is 10.1. The van der Waals surface area contributed by atoms with Gasteiger partial charge in [0.1, 0.15) is 5.82 Å². The Bertz CT molecular complexity index is 513. The van der Waals surface area contributed by atoms with Crippen LogP contribution in [-0.4, -0.2) is 33.9 Å². The number of nitrogens with two attached hydrogens (primary N) is 1. The van der Waals surface area contributed by atoms with Gasteiger partial charge < -0.3 is 10.5 Å². The molecule has 2 N–H and O–H groups in total. The summed E-state index contributed by atoms with van der Waals surface area (Å²) in [4.78, 5) is 0. The van der Waals surface area contributed by atoms with Gasteiger partial charge in [-0.3, -0.25) is 0 Å². The van der Waals surface area contributed by atoms with E-state index >= 15 is 0 Å². The van der Waals surface area contributed by atoms with E-state index in [1.807, 2.05) is 0 Å². The zero-order chi connectivity index (χ0) is 12.3. The predicted octanol–water partition coefficient (Wildman–Crippen LogP) is 0.708. The molecule has 2 rings (SSSR count). The van der Waals surface area contributed by atoms with Crippen LogP contribution in [0.1, 0.15) is 0 Å². The van der Waals surface area contributed by atoms with Crippen molar-refractivity contribution in [2.45, 2.75) is 6.54 Å². The van der Waals surface area contributed by atoms with Crippen LogP contribution >= 0.6 is 0 Å². The molecule has 0 amide bonds. The highest BCUT2D eigenvalue weighted by atomic mass is 19.1. The molecular weight excluding hydrogens is 225 g/mol. The average Bonchev–Trinajstić information content (AvgIpc) is 2.74. The van der Waals surface area contributed by atoms with Crippen LogP contribution in [-0.2, 0) is 11.3 Å². The number of nitrogens with zero attached hydrogens (tertiary/aromatic N) is 4. The Kier molecular flexibility index (Phi) is 3.29. The fraction of sp³-hybridized carbons (Fsp3) is 0.300. The van der Waals surface area contributed by atoms with E-state index in [0.29, 0.717) is 30.2 Å². The van der Waals surface area contributed by atoms with Crippen molar-refractivity contribution in [1.82, 2.24) is 20.2 Å². The summed E-state index contributed by atoms with van der Waals surface area (Å²) in [5.74, 6) is 0.113. The molecule has 0 fully saturated rings. The van der Waals surface area contributed by atoms with Gasteiger partial charge in [-0.15, -0.1) is 5.10 Å². The number of methoxy groups -OCH3 is 1. The van der Waals surface area contributed by atoms with Crippen molar-refractivity contribution in [3.05, 3.63) is 24.0 Å². The molecule has 7 heteroatoms. The van der Waals surface area contributed by atoms with Crippen molar-refractivity contribution in [2.24, 2.45) is 0 Å². The van der Waals surface area contributed by atoms with Crippen molar-refractivity contribution in [2.75, 3.05) is 19.5 Å². The highest BCUT2D eigenvalue weighted by molar-refractivity contribution is 5.71.